The zero-order chi connectivity index (χ0) is 54.7. The van der Waals surface area contributed by atoms with Gasteiger partial charge in [-0.25, -0.2) is 0 Å². The van der Waals surface area contributed by atoms with Crippen LogP contribution in [0.15, 0.2) is 0 Å². The Bertz CT molecular complexity index is 1730. The Labute approximate surface area is 451 Å². The van der Waals surface area contributed by atoms with Gasteiger partial charge in [0.1, 0.15) is 12.4 Å². The van der Waals surface area contributed by atoms with Crippen LogP contribution in [-0.2, 0) is 42.1 Å². The van der Waals surface area contributed by atoms with Crippen LogP contribution in [0.25, 0.3) is 0 Å². The SMILES string of the molecule is CC[C@@H]1C[C@@H]1C[C@@H]1C[C@@H]1C[C@@H](O[Si](C)(C)C(C)(C)C)[C@@H](CC)C(=O)CCC1OC(OC2OC(COC(=O)[C@H](CC)[C@@H](C[C@@H]3C[C@@H]3C[C@H](OC)[C@@H](C)CC)O[Si](C)(C)C(C)(C)C)C(C)C(C)C2C)C(C)C(C)C1C. The highest BCUT2D eigenvalue weighted by atomic mass is 28.4. The lowest BCUT2D eigenvalue weighted by molar-refractivity contribution is -0.342. The lowest BCUT2D eigenvalue weighted by Crippen LogP contribution is -2.53. The van der Waals surface area contributed by atoms with Crippen molar-refractivity contribution < 1.29 is 42.1 Å². The molecule has 0 aromatic carbocycles. The van der Waals surface area contributed by atoms with Crippen molar-refractivity contribution in [3.63, 3.8) is 0 Å². The molecule has 22 atom stereocenters. The molecule has 2 saturated heterocycles. The minimum Gasteiger partial charge on any atom is -0.463 e. The number of hydrogen-bond donors (Lipinski definition) is 0. The second-order valence-electron chi connectivity index (χ2n) is 28.7. The van der Waals surface area contributed by atoms with Gasteiger partial charge in [-0.05, 0) is 166 Å². The Hall–Kier alpha value is -0.666. The summed E-state index contributed by atoms with van der Waals surface area (Å²) in [5.74, 6) is 5.97. The fourth-order valence-corrected chi connectivity index (χ4v) is 15.4. The summed E-state index contributed by atoms with van der Waals surface area (Å²) in [4.78, 5) is 29.0. The Morgan fingerprint density at radius 1 is 0.575 bits per heavy atom. The van der Waals surface area contributed by atoms with E-state index in [2.05, 4.69) is 144 Å². The summed E-state index contributed by atoms with van der Waals surface area (Å²) >= 11 is 0. The van der Waals surface area contributed by atoms with Crippen molar-refractivity contribution in [1.82, 2.24) is 0 Å². The average Bonchev–Trinajstić information content (AvgIpc) is 4.27. The molecule has 5 aliphatic rings. The molecule has 0 spiro atoms. The molecule has 9 nitrogen and oxygen atoms in total. The third kappa shape index (κ3) is 16.2. The average molecular weight is 1060 g/mol. The highest BCUT2D eigenvalue weighted by Gasteiger charge is 2.51. The van der Waals surface area contributed by atoms with Gasteiger partial charge in [-0.1, -0.05) is 131 Å². The summed E-state index contributed by atoms with van der Waals surface area (Å²) in [5, 5.41) is 0.0948. The van der Waals surface area contributed by atoms with Crippen LogP contribution in [0.4, 0.5) is 0 Å². The van der Waals surface area contributed by atoms with Gasteiger partial charge < -0.3 is 32.5 Å². The van der Waals surface area contributed by atoms with Gasteiger partial charge >= 0.3 is 5.97 Å². The molecule has 3 saturated carbocycles. The molecule has 0 aromatic rings. The zero-order valence-electron chi connectivity index (χ0n) is 51.3. The lowest BCUT2D eigenvalue weighted by Gasteiger charge is -2.48. The maximum Gasteiger partial charge on any atom is 0.311 e. The van der Waals surface area contributed by atoms with E-state index in [0.717, 1.165) is 56.3 Å². The largest absolute Gasteiger partial charge is 0.463 e. The van der Waals surface area contributed by atoms with Crippen molar-refractivity contribution in [2.45, 2.75) is 281 Å². The van der Waals surface area contributed by atoms with E-state index < -0.39 is 29.2 Å². The van der Waals surface area contributed by atoms with Gasteiger partial charge in [0.2, 0.25) is 0 Å². The first-order chi connectivity index (χ1) is 33.9. The van der Waals surface area contributed by atoms with Crippen molar-refractivity contribution >= 4 is 28.4 Å². The smallest absolute Gasteiger partial charge is 0.311 e. The summed E-state index contributed by atoms with van der Waals surface area (Å²) in [6.07, 6.45) is 11.9. The van der Waals surface area contributed by atoms with E-state index in [1.54, 1.807) is 0 Å². The van der Waals surface area contributed by atoms with E-state index in [1.807, 2.05) is 7.11 Å². The molecule has 10 unspecified atom stereocenters. The molecular formula is C62H116O9Si2. The highest BCUT2D eigenvalue weighted by Crippen LogP contribution is 2.55. The summed E-state index contributed by atoms with van der Waals surface area (Å²) in [7, 11) is -2.47. The summed E-state index contributed by atoms with van der Waals surface area (Å²) in [6, 6.07) is 0. The van der Waals surface area contributed by atoms with Crippen LogP contribution >= 0.6 is 0 Å². The molecule has 0 bridgehead atoms. The summed E-state index contributed by atoms with van der Waals surface area (Å²) in [5.41, 5.74) is 0. The molecule has 3 aliphatic carbocycles. The monoisotopic (exact) mass is 1060 g/mol. The van der Waals surface area contributed by atoms with Crippen LogP contribution < -0.4 is 0 Å². The number of Topliss-reactive ketones (excluding diaryl/α,β-unsaturated/α-hetero) is 1. The molecule has 2 heterocycles. The molecule has 2 aliphatic heterocycles. The van der Waals surface area contributed by atoms with Crippen molar-refractivity contribution in [2.75, 3.05) is 13.7 Å². The lowest BCUT2D eigenvalue weighted by atomic mass is 9.77. The number of ether oxygens (including phenoxy) is 5. The maximum absolute atomic E-state index is 14.6. The number of carbonyl (C=O) groups excluding carboxylic acids is 2. The van der Waals surface area contributed by atoms with Crippen LogP contribution in [0, 0.1) is 88.8 Å². The van der Waals surface area contributed by atoms with E-state index in [9.17, 15) is 9.59 Å². The topological polar surface area (TPSA) is 98.8 Å². The number of hydrogen-bond acceptors (Lipinski definition) is 9. The molecule has 0 aromatic heterocycles. The predicted molar refractivity (Wildman–Crippen MR) is 304 cm³/mol. The number of methoxy groups -OCH3 is 1. The number of ketones is 1. The Balaban J connectivity index is 1.22. The number of carbonyl (C=O) groups is 2. The standard InChI is InChI=1S/C62H116O9Si2/c1-23-37(5)54(65-18)33-47-32-49(47)35-56(71-73(21,22)62(15,16)17)51(26-4)58(64)66-36-57-41(9)39(7)43(11)60(68-57)69-59-42(10)38(6)40(8)53(67-59)28-27-52(63)50(25-3)55(70-72(19,20)61(12,13)14)34-48-31-46(48)30-45-29-44(45)24-2/h37-51,53-57,59-60H,23-36H2,1-22H3/t37-,38?,39?,40?,41?,42?,43?,44+,45+,46+,47+,48+,49-,50-,51+,53?,54-,55+,56+,57?,59?,60?/m0/s1. The molecule has 426 valence electrons. The van der Waals surface area contributed by atoms with E-state index in [1.165, 1.54) is 25.7 Å². The van der Waals surface area contributed by atoms with Crippen molar-refractivity contribution in [3.8, 4) is 0 Å². The Kier molecular flexibility index (Phi) is 22.6. The molecule has 73 heavy (non-hydrogen) atoms. The van der Waals surface area contributed by atoms with Crippen molar-refractivity contribution in [1.29, 1.82) is 0 Å². The third-order valence-electron chi connectivity index (χ3n) is 21.8. The molecule has 0 N–H and O–H groups in total. The fourth-order valence-electron chi connectivity index (χ4n) is 12.6. The van der Waals surface area contributed by atoms with Gasteiger partial charge in [0.25, 0.3) is 0 Å². The first-order valence-electron chi connectivity index (χ1n) is 30.5. The van der Waals surface area contributed by atoms with E-state index in [0.29, 0.717) is 54.6 Å². The molecule has 11 heteroatoms. The Morgan fingerprint density at radius 2 is 1.01 bits per heavy atom. The summed E-state index contributed by atoms with van der Waals surface area (Å²) < 4.78 is 47.6. The van der Waals surface area contributed by atoms with Crippen molar-refractivity contribution in [3.05, 3.63) is 0 Å². The van der Waals surface area contributed by atoms with Crippen LogP contribution in [0.3, 0.4) is 0 Å². The fraction of sp³-hybridized carbons (Fsp3) is 0.968. The highest BCUT2D eigenvalue weighted by molar-refractivity contribution is 6.74. The predicted octanol–water partition coefficient (Wildman–Crippen LogP) is 15.9. The van der Waals surface area contributed by atoms with Crippen molar-refractivity contribution in [2.24, 2.45) is 88.8 Å². The van der Waals surface area contributed by atoms with Gasteiger partial charge in [0.15, 0.2) is 29.2 Å². The van der Waals surface area contributed by atoms with Gasteiger partial charge in [-0.3, -0.25) is 9.59 Å². The zero-order valence-corrected chi connectivity index (χ0v) is 53.3. The van der Waals surface area contributed by atoms with Gasteiger partial charge in [-0.2, -0.15) is 0 Å². The van der Waals surface area contributed by atoms with Gasteiger partial charge in [-0.15, -0.1) is 0 Å². The van der Waals surface area contributed by atoms with Gasteiger partial charge in [0, 0.05) is 31.3 Å². The third-order valence-corrected chi connectivity index (χ3v) is 30.8. The van der Waals surface area contributed by atoms with E-state index >= 15 is 0 Å². The molecule has 0 radical (unpaired) electrons. The Morgan fingerprint density at radius 3 is 1.48 bits per heavy atom. The van der Waals surface area contributed by atoms with Crippen LogP contribution in [0.2, 0.25) is 36.3 Å². The van der Waals surface area contributed by atoms with Crippen LogP contribution in [0.1, 0.15) is 201 Å². The van der Waals surface area contributed by atoms with E-state index in [-0.39, 0.29) is 94.6 Å². The minimum atomic E-state index is -2.20. The second kappa shape index (κ2) is 26.1. The molecule has 0 amide bonds. The normalized spacial score (nSPS) is 36.4. The first-order valence-corrected chi connectivity index (χ1v) is 36.3. The molecule has 5 fully saturated rings. The maximum atomic E-state index is 14.6. The number of esters is 1. The van der Waals surface area contributed by atoms with E-state index in [4.69, 9.17) is 32.5 Å². The first kappa shape index (κ1) is 63.2. The van der Waals surface area contributed by atoms with Crippen LogP contribution in [-0.4, -0.2) is 85.2 Å². The molecular weight excluding hydrogens is 945 g/mol. The molecule has 5 rings (SSSR count). The minimum absolute atomic E-state index is 0.0168. The van der Waals surface area contributed by atoms with Crippen LogP contribution in [0.5, 0.6) is 0 Å². The quantitative estimate of drug-likeness (QED) is 0.0536. The summed E-state index contributed by atoms with van der Waals surface area (Å²) in [6.45, 7) is 48.0. The number of rotatable bonds is 29. The van der Waals surface area contributed by atoms with Gasteiger partial charge in [0.05, 0.1) is 36.4 Å². The second-order valence-corrected chi connectivity index (χ2v) is 38.2.